The average Bonchev–Trinajstić information content (AvgIpc) is 2.74. The predicted octanol–water partition coefficient (Wildman–Crippen LogP) is 4.13. The molecule has 3 rings (SSSR count). The van der Waals surface area contributed by atoms with Gasteiger partial charge in [0, 0.05) is 13.1 Å². The van der Waals surface area contributed by atoms with Gasteiger partial charge in [-0.2, -0.15) is 0 Å². The van der Waals surface area contributed by atoms with E-state index in [0.29, 0.717) is 25.7 Å². The van der Waals surface area contributed by atoms with E-state index in [1.807, 2.05) is 36.1 Å². The van der Waals surface area contributed by atoms with E-state index >= 15 is 0 Å². The Kier molecular flexibility index (Phi) is 7.59. The molecule has 1 fully saturated rings. The van der Waals surface area contributed by atoms with Crippen molar-refractivity contribution in [3.8, 4) is 11.5 Å². The van der Waals surface area contributed by atoms with E-state index in [-0.39, 0.29) is 6.03 Å². The van der Waals surface area contributed by atoms with Crippen LogP contribution in [0.5, 0.6) is 11.5 Å². The van der Waals surface area contributed by atoms with Gasteiger partial charge >= 0.3 is 6.03 Å². The van der Waals surface area contributed by atoms with E-state index in [1.54, 1.807) is 0 Å². The lowest BCUT2D eigenvalue weighted by Gasteiger charge is -2.32. The molecular formula is C23H30N2O3. The van der Waals surface area contributed by atoms with Gasteiger partial charge in [-0.25, -0.2) is 4.79 Å². The van der Waals surface area contributed by atoms with Gasteiger partial charge in [0.1, 0.15) is 18.1 Å². The number of likely N-dealkylation sites (tertiary alicyclic amines) is 1. The van der Waals surface area contributed by atoms with Crippen molar-refractivity contribution < 1.29 is 14.3 Å². The molecule has 1 saturated heterocycles. The topological polar surface area (TPSA) is 50.8 Å². The van der Waals surface area contributed by atoms with Gasteiger partial charge in [-0.1, -0.05) is 30.3 Å². The molecule has 2 amide bonds. The van der Waals surface area contributed by atoms with E-state index in [0.717, 1.165) is 43.9 Å². The van der Waals surface area contributed by atoms with E-state index in [2.05, 4.69) is 35.6 Å². The molecule has 0 atom stereocenters. The normalized spacial score (nSPS) is 14.5. The van der Waals surface area contributed by atoms with Crippen molar-refractivity contribution in [2.45, 2.75) is 26.2 Å². The summed E-state index contributed by atoms with van der Waals surface area (Å²) in [5, 5.41) is 2.96. The third-order valence-corrected chi connectivity index (χ3v) is 5.05. The molecule has 28 heavy (non-hydrogen) atoms. The van der Waals surface area contributed by atoms with Crippen molar-refractivity contribution in [1.29, 1.82) is 0 Å². The van der Waals surface area contributed by atoms with Gasteiger partial charge in [-0.3, -0.25) is 0 Å². The molecule has 0 radical (unpaired) electrons. The Labute approximate surface area is 167 Å². The van der Waals surface area contributed by atoms with Crippen LogP contribution in [0.2, 0.25) is 0 Å². The lowest BCUT2D eigenvalue weighted by atomic mass is 9.90. The monoisotopic (exact) mass is 382 g/mol. The molecule has 2 aromatic carbocycles. The van der Waals surface area contributed by atoms with E-state index in [1.165, 1.54) is 5.56 Å². The maximum absolute atomic E-state index is 12.3. The van der Waals surface area contributed by atoms with Crippen molar-refractivity contribution >= 4 is 6.03 Å². The van der Waals surface area contributed by atoms with Gasteiger partial charge in [0.25, 0.3) is 0 Å². The van der Waals surface area contributed by atoms with Crippen LogP contribution in [-0.4, -0.2) is 43.8 Å². The summed E-state index contributed by atoms with van der Waals surface area (Å²) in [7, 11) is 0. The second kappa shape index (κ2) is 10.6. The summed E-state index contributed by atoms with van der Waals surface area (Å²) in [6, 6.07) is 18.1. The highest BCUT2D eigenvalue weighted by molar-refractivity contribution is 5.74. The summed E-state index contributed by atoms with van der Waals surface area (Å²) in [5.74, 6) is 2.27. The van der Waals surface area contributed by atoms with Crippen molar-refractivity contribution in [3.63, 3.8) is 0 Å². The fourth-order valence-corrected chi connectivity index (χ4v) is 3.53. The van der Waals surface area contributed by atoms with Crippen LogP contribution in [0.1, 0.15) is 25.3 Å². The van der Waals surface area contributed by atoms with Gasteiger partial charge in [-0.05, 0) is 61.9 Å². The fraction of sp³-hybridized carbons (Fsp3) is 0.435. The molecule has 1 aliphatic rings. The molecule has 150 valence electrons. The SMILES string of the molecule is CCOc1ccc(OCCNC(=O)N2CCC(Cc3ccccc3)CC2)cc1. The number of nitrogens with one attached hydrogen (secondary N) is 1. The number of nitrogens with zero attached hydrogens (tertiary/aromatic N) is 1. The Bertz CT molecular complexity index is 710. The summed E-state index contributed by atoms with van der Waals surface area (Å²) in [4.78, 5) is 14.2. The molecule has 5 heteroatoms. The molecule has 0 aliphatic carbocycles. The predicted molar refractivity (Wildman–Crippen MR) is 111 cm³/mol. The molecule has 5 nitrogen and oxygen atoms in total. The van der Waals surface area contributed by atoms with Crippen molar-refractivity contribution in [2.75, 3.05) is 32.8 Å². The molecular weight excluding hydrogens is 352 g/mol. The third kappa shape index (κ3) is 6.19. The standard InChI is InChI=1S/C23H30N2O3/c1-2-27-21-8-10-22(11-9-21)28-17-14-24-23(26)25-15-12-20(13-16-25)18-19-6-4-3-5-7-19/h3-11,20H,2,12-18H2,1H3,(H,24,26). The number of hydrogen-bond acceptors (Lipinski definition) is 3. The number of rotatable bonds is 8. The minimum Gasteiger partial charge on any atom is -0.494 e. The number of ether oxygens (including phenoxy) is 2. The largest absolute Gasteiger partial charge is 0.494 e. The molecule has 1 aliphatic heterocycles. The lowest BCUT2D eigenvalue weighted by Crippen LogP contribution is -2.45. The van der Waals surface area contributed by atoms with Crippen LogP contribution in [-0.2, 0) is 6.42 Å². The van der Waals surface area contributed by atoms with Crippen LogP contribution in [0.25, 0.3) is 0 Å². The number of piperidine rings is 1. The van der Waals surface area contributed by atoms with Gasteiger partial charge in [0.15, 0.2) is 0 Å². The first kappa shape index (κ1) is 20.1. The smallest absolute Gasteiger partial charge is 0.317 e. The number of hydrogen-bond donors (Lipinski definition) is 1. The van der Waals surface area contributed by atoms with Gasteiger partial charge < -0.3 is 19.7 Å². The summed E-state index contributed by atoms with van der Waals surface area (Å²) in [6.45, 7) is 5.20. The number of carbonyl (C=O) groups excluding carboxylic acids is 1. The first-order chi connectivity index (χ1) is 13.7. The minimum atomic E-state index is 0.00783. The Morgan fingerprint density at radius 1 is 1.00 bits per heavy atom. The molecule has 0 aromatic heterocycles. The van der Waals surface area contributed by atoms with Crippen LogP contribution >= 0.6 is 0 Å². The number of carbonyl (C=O) groups is 1. The summed E-state index contributed by atoms with van der Waals surface area (Å²) >= 11 is 0. The van der Waals surface area contributed by atoms with Gasteiger partial charge in [-0.15, -0.1) is 0 Å². The number of urea groups is 1. The van der Waals surface area contributed by atoms with Gasteiger partial charge in [0.2, 0.25) is 0 Å². The Morgan fingerprint density at radius 2 is 1.64 bits per heavy atom. The quantitative estimate of drug-likeness (QED) is 0.699. The van der Waals surface area contributed by atoms with Crippen LogP contribution in [0.4, 0.5) is 4.79 Å². The zero-order chi connectivity index (χ0) is 19.6. The summed E-state index contributed by atoms with van der Waals surface area (Å²) < 4.78 is 11.1. The highest BCUT2D eigenvalue weighted by atomic mass is 16.5. The third-order valence-electron chi connectivity index (χ3n) is 5.05. The number of benzene rings is 2. The number of amides is 2. The first-order valence-electron chi connectivity index (χ1n) is 10.2. The maximum atomic E-state index is 12.3. The average molecular weight is 383 g/mol. The zero-order valence-corrected chi connectivity index (χ0v) is 16.6. The Morgan fingerprint density at radius 3 is 2.29 bits per heavy atom. The molecule has 0 unspecified atom stereocenters. The highest BCUT2D eigenvalue weighted by Gasteiger charge is 2.22. The second-order valence-corrected chi connectivity index (χ2v) is 7.10. The second-order valence-electron chi connectivity index (χ2n) is 7.10. The molecule has 1 N–H and O–H groups in total. The van der Waals surface area contributed by atoms with Crippen molar-refractivity contribution in [1.82, 2.24) is 10.2 Å². The zero-order valence-electron chi connectivity index (χ0n) is 16.6. The molecule has 0 saturated carbocycles. The lowest BCUT2D eigenvalue weighted by molar-refractivity contribution is 0.168. The molecule has 0 bridgehead atoms. The summed E-state index contributed by atoms with van der Waals surface area (Å²) in [6.07, 6.45) is 3.22. The minimum absolute atomic E-state index is 0.00783. The maximum Gasteiger partial charge on any atom is 0.317 e. The van der Waals surface area contributed by atoms with Crippen LogP contribution in [0, 0.1) is 5.92 Å². The van der Waals surface area contributed by atoms with Crippen molar-refractivity contribution in [2.24, 2.45) is 5.92 Å². The highest BCUT2D eigenvalue weighted by Crippen LogP contribution is 2.21. The van der Waals surface area contributed by atoms with E-state index in [9.17, 15) is 4.79 Å². The molecule has 0 spiro atoms. The van der Waals surface area contributed by atoms with Crippen LogP contribution in [0.3, 0.4) is 0 Å². The van der Waals surface area contributed by atoms with Crippen LogP contribution < -0.4 is 14.8 Å². The van der Waals surface area contributed by atoms with E-state index in [4.69, 9.17) is 9.47 Å². The van der Waals surface area contributed by atoms with E-state index < -0.39 is 0 Å². The van der Waals surface area contributed by atoms with Gasteiger partial charge in [0.05, 0.1) is 13.2 Å². The summed E-state index contributed by atoms with van der Waals surface area (Å²) in [5.41, 5.74) is 1.39. The van der Waals surface area contributed by atoms with Crippen molar-refractivity contribution in [3.05, 3.63) is 60.2 Å². The fourth-order valence-electron chi connectivity index (χ4n) is 3.53. The molecule has 1 heterocycles. The first-order valence-corrected chi connectivity index (χ1v) is 10.2. The molecule has 2 aromatic rings. The Hall–Kier alpha value is -2.69. The Balaban J connectivity index is 1.31. The van der Waals surface area contributed by atoms with Crippen LogP contribution in [0.15, 0.2) is 54.6 Å².